The van der Waals surface area contributed by atoms with Crippen LogP contribution in [0.3, 0.4) is 0 Å². The third kappa shape index (κ3) is 5.88. The molecule has 2 fully saturated rings. The predicted molar refractivity (Wildman–Crippen MR) is 108 cm³/mol. The largest absolute Gasteiger partial charge is 0.490 e. The summed E-state index contributed by atoms with van der Waals surface area (Å²) in [4.78, 5) is 21.1. The number of aliphatic imine (C=N–C) groups is 1. The van der Waals surface area contributed by atoms with Crippen LogP contribution in [-0.2, 0) is 4.79 Å². The summed E-state index contributed by atoms with van der Waals surface area (Å²) in [5.41, 5.74) is 0. The number of carbonyl (C=O) groups is 1. The van der Waals surface area contributed by atoms with Crippen molar-refractivity contribution in [3.8, 4) is 5.75 Å². The van der Waals surface area contributed by atoms with Gasteiger partial charge in [0.15, 0.2) is 5.96 Å². The van der Waals surface area contributed by atoms with Gasteiger partial charge in [-0.15, -0.1) is 0 Å². The summed E-state index contributed by atoms with van der Waals surface area (Å²) >= 11 is 0. The SMILES string of the molecule is CCNC(=NCCC(=O)N1CCCC1)N1CCC(Oc2ccccc2)CC1. The van der Waals surface area contributed by atoms with Crippen LogP contribution in [0.2, 0.25) is 0 Å². The summed E-state index contributed by atoms with van der Waals surface area (Å²) < 4.78 is 6.08. The molecule has 1 N–H and O–H groups in total. The van der Waals surface area contributed by atoms with E-state index < -0.39 is 0 Å². The van der Waals surface area contributed by atoms with Gasteiger partial charge in [0.05, 0.1) is 6.54 Å². The molecule has 2 aliphatic heterocycles. The highest BCUT2D eigenvalue weighted by atomic mass is 16.5. The van der Waals surface area contributed by atoms with Crippen LogP contribution < -0.4 is 10.1 Å². The number of ether oxygens (including phenoxy) is 1. The summed E-state index contributed by atoms with van der Waals surface area (Å²) in [5, 5.41) is 3.37. The molecule has 2 heterocycles. The number of piperidine rings is 1. The van der Waals surface area contributed by atoms with E-state index in [-0.39, 0.29) is 12.0 Å². The van der Waals surface area contributed by atoms with Gasteiger partial charge in [0.1, 0.15) is 11.9 Å². The zero-order valence-corrected chi connectivity index (χ0v) is 16.4. The summed E-state index contributed by atoms with van der Waals surface area (Å²) in [6, 6.07) is 10.0. The molecule has 1 amide bonds. The van der Waals surface area contributed by atoms with Crippen LogP contribution >= 0.6 is 0 Å². The molecule has 6 heteroatoms. The van der Waals surface area contributed by atoms with Crippen LogP contribution in [0.25, 0.3) is 0 Å². The molecule has 0 aliphatic carbocycles. The van der Waals surface area contributed by atoms with E-state index in [2.05, 4.69) is 17.1 Å². The van der Waals surface area contributed by atoms with Crippen LogP contribution in [0.1, 0.15) is 39.0 Å². The van der Waals surface area contributed by atoms with Crippen molar-refractivity contribution in [3.63, 3.8) is 0 Å². The maximum Gasteiger partial charge on any atom is 0.224 e. The first kappa shape index (κ1) is 19.5. The first-order valence-corrected chi connectivity index (χ1v) is 10.3. The molecule has 1 aromatic carbocycles. The van der Waals surface area contributed by atoms with Gasteiger partial charge in [-0.25, -0.2) is 0 Å². The number of benzene rings is 1. The Morgan fingerprint density at radius 2 is 1.81 bits per heavy atom. The number of hydrogen-bond donors (Lipinski definition) is 1. The van der Waals surface area contributed by atoms with Crippen molar-refractivity contribution in [2.75, 3.05) is 39.3 Å². The van der Waals surface area contributed by atoms with Gasteiger partial charge in [0, 0.05) is 52.0 Å². The van der Waals surface area contributed by atoms with E-state index in [9.17, 15) is 4.79 Å². The van der Waals surface area contributed by atoms with Gasteiger partial charge < -0.3 is 19.9 Å². The quantitative estimate of drug-likeness (QED) is 0.616. The Morgan fingerprint density at radius 3 is 2.48 bits per heavy atom. The fraction of sp³-hybridized carbons (Fsp3) is 0.619. The summed E-state index contributed by atoms with van der Waals surface area (Å²) in [6.45, 7) is 7.13. The molecule has 0 unspecified atom stereocenters. The van der Waals surface area contributed by atoms with Gasteiger partial charge >= 0.3 is 0 Å². The Balaban J connectivity index is 1.46. The van der Waals surface area contributed by atoms with Crippen molar-refractivity contribution in [3.05, 3.63) is 30.3 Å². The highest BCUT2D eigenvalue weighted by Gasteiger charge is 2.23. The first-order valence-electron chi connectivity index (χ1n) is 10.3. The van der Waals surface area contributed by atoms with Crippen LogP contribution in [0.15, 0.2) is 35.3 Å². The molecule has 0 bridgehead atoms. The van der Waals surface area contributed by atoms with E-state index in [0.717, 1.165) is 70.1 Å². The number of nitrogens with zero attached hydrogens (tertiary/aromatic N) is 3. The smallest absolute Gasteiger partial charge is 0.224 e. The van der Waals surface area contributed by atoms with Crippen molar-refractivity contribution < 1.29 is 9.53 Å². The Morgan fingerprint density at radius 1 is 1.11 bits per heavy atom. The lowest BCUT2D eigenvalue weighted by Crippen LogP contribution is -2.47. The van der Waals surface area contributed by atoms with Crippen LogP contribution in [0.4, 0.5) is 0 Å². The van der Waals surface area contributed by atoms with Gasteiger partial charge in [0.2, 0.25) is 5.91 Å². The maximum absolute atomic E-state index is 12.2. The number of likely N-dealkylation sites (tertiary alicyclic amines) is 2. The highest BCUT2D eigenvalue weighted by Crippen LogP contribution is 2.18. The number of amides is 1. The number of para-hydroxylation sites is 1. The van der Waals surface area contributed by atoms with E-state index in [1.165, 1.54) is 0 Å². The average Bonchev–Trinajstić information content (AvgIpc) is 3.24. The normalized spacial score (nSPS) is 18.6. The van der Waals surface area contributed by atoms with Crippen LogP contribution in [0, 0.1) is 0 Å². The number of hydrogen-bond acceptors (Lipinski definition) is 3. The van der Waals surface area contributed by atoms with E-state index in [0.29, 0.717) is 13.0 Å². The molecule has 27 heavy (non-hydrogen) atoms. The van der Waals surface area contributed by atoms with Crippen LogP contribution in [0.5, 0.6) is 5.75 Å². The fourth-order valence-electron chi connectivity index (χ4n) is 3.68. The van der Waals surface area contributed by atoms with Crippen molar-refractivity contribution in [2.45, 2.75) is 45.1 Å². The van der Waals surface area contributed by atoms with E-state index in [4.69, 9.17) is 9.73 Å². The minimum Gasteiger partial charge on any atom is -0.490 e. The van der Waals surface area contributed by atoms with E-state index >= 15 is 0 Å². The Hall–Kier alpha value is -2.24. The van der Waals surface area contributed by atoms with Crippen molar-refractivity contribution in [1.82, 2.24) is 15.1 Å². The Kier molecular flexibility index (Phi) is 7.36. The Labute approximate surface area is 162 Å². The van der Waals surface area contributed by atoms with Gasteiger partial charge in [0.25, 0.3) is 0 Å². The number of nitrogens with one attached hydrogen (secondary N) is 1. The first-order chi connectivity index (χ1) is 13.3. The molecular formula is C21H32N4O2. The Bertz CT molecular complexity index is 606. The molecule has 0 spiro atoms. The molecule has 148 valence electrons. The number of guanidine groups is 1. The lowest BCUT2D eigenvalue weighted by molar-refractivity contribution is -0.129. The fourth-order valence-corrected chi connectivity index (χ4v) is 3.68. The second-order valence-electron chi connectivity index (χ2n) is 7.19. The monoisotopic (exact) mass is 372 g/mol. The zero-order valence-electron chi connectivity index (χ0n) is 16.4. The topological polar surface area (TPSA) is 57.2 Å². The third-order valence-corrected chi connectivity index (χ3v) is 5.17. The molecule has 2 saturated heterocycles. The number of carbonyl (C=O) groups excluding carboxylic acids is 1. The molecule has 2 aliphatic rings. The van der Waals surface area contributed by atoms with Gasteiger partial charge in [-0.2, -0.15) is 0 Å². The van der Waals surface area contributed by atoms with Gasteiger partial charge in [-0.3, -0.25) is 9.79 Å². The second-order valence-corrected chi connectivity index (χ2v) is 7.19. The standard InChI is InChI=1S/C21H32N4O2/c1-2-22-21(23-13-10-20(26)24-14-6-7-15-24)25-16-11-19(12-17-25)27-18-8-4-3-5-9-18/h3-5,8-9,19H,2,6-7,10-17H2,1H3,(H,22,23). The van der Waals surface area contributed by atoms with Crippen molar-refractivity contribution >= 4 is 11.9 Å². The molecule has 0 radical (unpaired) electrons. The minimum absolute atomic E-state index is 0.238. The highest BCUT2D eigenvalue weighted by molar-refractivity contribution is 5.81. The lowest BCUT2D eigenvalue weighted by Gasteiger charge is -2.34. The molecule has 3 rings (SSSR count). The molecule has 0 saturated carbocycles. The lowest BCUT2D eigenvalue weighted by atomic mass is 10.1. The summed E-state index contributed by atoms with van der Waals surface area (Å²) in [6.07, 6.45) is 4.98. The van der Waals surface area contributed by atoms with E-state index in [1.54, 1.807) is 0 Å². The van der Waals surface area contributed by atoms with Crippen molar-refractivity contribution in [2.24, 2.45) is 4.99 Å². The molecule has 0 aromatic heterocycles. The van der Waals surface area contributed by atoms with Crippen LogP contribution in [-0.4, -0.2) is 67.0 Å². The molecule has 0 atom stereocenters. The maximum atomic E-state index is 12.2. The summed E-state index contributed by atoms with van der Waals surface area (Å²) in [5.74, 6) is 2.10. The third-order valence-electron chi connectivity index (χ3n) is 5.17. The predicted octanol–water partition coefficient (Wildman–Crippen LogP) is 2.51. The van der Waals surface area contributed by atoms with Gasteiger partial charge in [-0.1, -0.05) is 18.2 Å². The van der Waals surface area contributed by atoms with Crippen molar-refractivity contribution in [1.29, 1.82) is 0 Å². The van der Waals surface area contributed by atoms with Gasteiger partial charge in [-0.05, 0) is 31.9 Å². The second kappa shape index (κ2) is 10.2. The van der Waals surface area contributed by atoms with E-state index in [1.807, 2.05) is 35.2 Å². The minimum atomic E-state index is 0.238. The molecule has 6 nitrogen and oxygen atoms in total. The zero-order chi connectivity index (χ0) is 18.9. The summed E-state index contributed by atoms with van der Waals surface area (Å²) in [7, 11) is 0. The molecular weight excluding hydrogens is 340 g/mol. The average molecular weight is 373 g/mol. The number of rotatable bonds is 6. The molecule has 1 aromatic rings.